The Balaban J connectivity index is 4.14. The van der Waals surface area contributed by atoms with E-state index in [4.69, 9.17) is 5.26 Å². The van der Waals surface area contributed by atoms with E-state index in [9.17, 15) is 0 Å². The summed E-state index contributed by atoms with van der Waals surface area (Å²) >= 11 is 0. The lowest BCUT2D eigenvalue weighted by atomic mass is 9.73. The molecule has 0 aromatic carbocycles. The Hall–Kier alpha value is -0.0800. The molecule has 0 saturated carbocycles. The molecule has 0 saturated heterocycles. The van der Waals surface area contributed by atoms with Gasteiger partial charge in [-0.2, -0.15) is 0 Å². The number of hydrogen-bond donors (Lipinski definition) is 1. The molecule has 0 aliphatic rings. The minimum Gasteiger partial charge on any atom is -0.252 e. The van der Waals surface area contributed by atoms with Crippen molar-refractivity contribution in [2.75, 3.05) is 6.61 Å². The third kappa shape index (κ3) is 7.80. The van der Waals surface area contributed by atoms with Gasteiger partial charge in [0.1, 0.15) is 0 Å². The molecule has 0 unspecified atom stereocenters. The van der Waals surface area contributed by atoms with Gasteiger partial charge < -0.3 is 0 Å². The molecule has 0 radical (unpaired) electrons. The molecule has 92 valence electrons. The lowest BCUT2D eigenvalue weighted by Gasteiger charge is -2.33. The predicted molar refractivity (Wildman–Crippen MR) is 64.8 cm³/mol. The molecule has 0 aromatic heterocycles. The smallest absolute Gasteiger partial charge is 0.0820 e. The fourth-order valence-corrected chi connectivity index (χ4v) is 2.82. The van der Waals surface area contributed by atoms with Crippen LogP contribution in [0.4, 0.5) is 0 Å². The fourth-order valence-electron chi connectivity index (χ4n) is 2.82. The van der Waals surface area contributed by atoms with Crippen LogP contribution in [0.2, 0.25) is 0 Å². The summed E-state index contributed by atoms with van der Waals surface area (Å²) in [6.45, 7) is 11.9. The monoisotopic (exact) mass is 216 g/mol. The first-order chi connectivity index (χ1) is 6.89. The van der Waals surface area contributed by atoms with E-state index in [1.165, 1.54) is 12.8 Å². The maximum Gasteiger partial charge on any atom is 0.0820 e. The molecule has 0 heterocycles. The summed E-state index contributed by atoms with van der Waals surface area (Å²) < 4.78 is 0. The van der Waals surface area contributed by atoms with Crippen LogP contribution in [0.1, 0.15) is 60.3 Å². The first-order valence-electron chi connectivity index (χ1n) is 6.16. The van der Waals surface area contributed by atoms with Gasteiger partial charge in [-0.25, -0.2) is 4.89 Å². The van der Waals surface area contributed by atoms with Crippen molar-refractivity contribution in [2.45, 2.75) is 60.3 Å². The third-order valence-electron chi connectivity index (χ3n) is 2.82. The zero-order valence-electron chi connectivity index (χ0n) is 11.0. The average molecular weight is 216 g/mol. The molecular formula is C13H28O2. The number of hydrogen-bond acceptors (Lipinski definition) is 2. The van der Waals surface area contributed by atoms with Gasteiger partial charge in [-0.3, -0.25) is 5.26 Å². The molecule has 1 N–H and O–H groups in total. The van der Waals surface area contributed by atoms with Crippen molar-refractivity contribution in [3.63, 3.8) is 0 Å². The Bertz CT molecular complexity index is 143. The van der Waals surface area contributed by atoms with Crippen molar-refractivity contribution >= 4 is 0 Å². The molecule has 0 bridgehead atoms. The van der Waals surface area contributed by atoms with E-state index in [1.54, 1.807) is 0 Å². The van der Waals surface area contributed by atoms with Crippen LogP contribution >= 0.6 is 0 Å². The Morgan fingerprint density at radius 3 is 1.87 bits per heavy atom. The van der Waals surface area contributed by atoms with Crippen molar-refractivity contribution < 1.29 is 10.1 Å². The quantitative estimate of drug-likeness (QED) is 0.371. The predicted octanol–water partition coefficient (Wildman–Crippen LogP) is 4.35. The molecule has 0 spiro atoms. The van der Waals surface area contributed by atoms with Gasteiger partial charge in [0.25, 0.3) is 0 Å². The molecule has 0 aliphatic heterocycles. The lowest BCUT2D eigenvalue weighted by Crippen LogP contribution is -2.22. The van der Waals surface area contributed by atoms with E-state index in [0.717, 1.165) is 24.7 Å². The van der Waals surface area contributed by atoms with Crippen LogP contribution in [0.3, 0.4) is 0 Å². The normalized spacial score (nSPS) is 12.8. The average Bonchev–Trinajstić information content (AvgIpc) is 2.00. The summed E-state index contributed by atoms with van der Waals surface area (Å²) in [5, 5.41) is 8.33. The number of rotatable bonds is 8. The summed E-state index contributed by atoms with van der Waals surface area (Å²) in [5.74, 6) is 1.48. The van der Waals surface area contributed by atoms with Gasteiger partial charge in [0.05, 0.1) is 6.61 Å². The zero-order chi connectivity index (χ0) is 11.9. The van der Waals surface area contributed by atoms with Gasteiger partial charge in [0.2, 0.25) is 0 Å². The molecule has 0 aliphatic carbocycles. The summed E-state index contributed by atoms with van der Waals surface area (Å²) in [5.41, 5.74) is 0.404. The molecule has 0 aromatic rings. The van der Waals surface area contributed by atoms with E-state index in [-0.39, 0.29) is 0 Å². The molecule has 0 atom stereocenters. The van der Waals surface area contributed by atoms with Crippen LogP contribution in [0, 0.1) is 17.3 Å². The van der Waals surface area contributed by atoms with Crippen LogP contribution in [0.25, 0.3) is 0 Å². The summed E-state index contributed by atoms with van der Waals surface area (Å²) in [6, 6.07) is 0. The van der Waals surface area contributed by atoms with E-state index < -0.39 is 0 Å². The highest BCUT2D eigenvalue weighted by molar-refractivity contribution is 4.77. The standard InChI is InChI=1S/C13H28O2/c1-11(2)9-13(5,10-12(3)4)7-6-8-15-14/h11-12,14H,6-10H2,1-5H3. The Kier molecular flexibility index (Phi) is 7.20. The van der Waals surface area contributed by atoms with Gasteiger partial charge in [-0.05, 0) is 42.9 Å². The van der Waals surface area contributed by atoms with Gasteiger partial charge >= 0.3 is 0 Å². The molecule has 15 heavy (non-hydrogen) atoms. The Morgan fingerprint density at radius 1 is 1.07 bits per heavy atom. The second-order valence-corrected chi connectivity index (χ2v) is 5.94. The van der Waals surface area contributed by atoms with Crippen LogP contribution in [-0.4, -0.2) is 11.9 Å². The zero-order valence-corrected chi connectivity index (χ0v) is 11.0. The first-order valence-corrected chi connectivity index (χ1v) is 6.16. The maximum atomic E-state index is 8.33. The highest BCUT2D eigenvalue weighted by atomic mass is 17.1. The molecule has 0 fully saturated rings. The summed E-state index contributed by atoms with van der Waals surface area (Å²) in [4.78, 5) is 4.15. The highest BCUT2D eigenvalue weighted by Gasteiger charge is 2.25. The molecule has 2 heteroatoms. The lowest BCUT2D eigenvalue weighted by molar-refractivity contribution is -0.243. The highest BCUT2D eigenvalue weighted by Crippen LogP contribution is 2.37. The van der Waals surface area contributed by atoms with Crippen molar-refractivity contribution in [2.24, 2.45) is 17.3 Å². The van der Waals surface area contributed by atoms with E-state index in [1.807, 2.05) is 0 Å². The van der Waals surface area contributed by atoms with Crippen LogP contribution in [0.5, 0.6) is 0 Å². The van der Waals surface area contributed by atoms with Crippen molar-refractivity contribution in [3.05, 3.63) is 0 Å². The van der Waals surface area contributed by atoms with Crippen LogP contribution < -0.4 is 0 Å². The van der Waals surface area contributed by atoms with Crippen molar-refractivity contribution in [1.82, 2.24) is 0 Å². The van der Waals surface area contributed by atoms with Crippen molar-refractivity contribution in [3.8, 4) is 0 Å². The Morgan fingerprint density at radius 2 is 1.53 bits per heavy atom. The molecule has 2 nitrogen and oxygen atoms in total. The fraction of sp³-hybridized carbons (Fsp3) is 1.00. The van der Waals surface area contributed by atoms with E-state index in [2.05, 4.69) is 39.5 Å². The molecule has 0 rings (SSSR count). The third-order valence-corrected chi connectivity index (χ3v) is 2.82. The van der Waals surface area contributed by atoms with Gasteiger partial charge in [0, 0.05) is 0 Å². The van der Waals surface area contributed by atoms with Gasteiger partial charge in [-0.1, -0.05) is 34.6 Å². The van der Waals surface area contributed by atoms with Gasteiger partial charge in [0.15, 0.2) is 0 Å². The summed E-state index contributed by atoms with van der Waals surface area (Å²) in [6.07, 6.45) is 4.61. The second-order valence-electron chi connectivity index (χ2n) is 5.94. The minimum atomic E-state index is 0.404. The van der Waals surface area contributed by atoms with Gasteiger partial charge in [-0.15, -0.1) is 0 Å². The maximum absolute atomic E-state index is 8.33. The largest absolute Gasteiger partial charge is 0.252 e. The summed E-state index contributed by atoms with van der Waals surface area (Å²) in [7, 11) is 0. The SMILES string of the molecule is CC(C)CC(C)(CCCOO)CC(C)C. The van der Waals surface area contributed by atoms with Crippen LogP contribution in [-0.2, 0) is 4.89 Å². The Labute approximate surface area is 95.0 Å². The van der Waals surface area contributed by atoms with E-state index in [0.29, 0.717) is 12.0 Å². The second kappa shape index (κ2) is 7.24. The molecular weight excluding hydrogens is 188 g/mol. The first kappa shape index (κ1) is 14.9. The van der Waals surface area contributed by atoms with E-state index >= 15 is 0 Å². The van der Waals surface area contributed by atoms with Crippen molar-refractivity contribution in [1.29, 1.82) is 0 Å². The van der Waals surface area contributed by atoms with Crippen LogP contribution in [0.15, 0.2) is 0 Å². The topological polar surface area (TPSA) is 29.5 Å². The minimum absolute atomic E-state index is 0.404. The molecule has 0 amide bonds.